The molecule has 2 rings (SSSR count). The van der Waals surface area contributed by atoms with Gasteiger partial charge in [-0.05, 0) is 43.9 Å². The van der Waals surface area contributed by atoms with Crippen molar-refractivity contribution < 1.29 is 18.0 Å². The fourth-order valence-electron chi connectivity index (χ4n) is 3.54. The van der Waals surface area contributed by atoms with E-state index in [9.17, 15) is 18.0 Å². The summed E-state index contributed by atoms with van der Waals surface area (Å²) in [7, 11) is -3.70. The van der Waals surface area contributed by atoms with Crippen LogP contribution >= 0.6 is 0 Å². The third-order valence-electron chi connectivity index (χ3n) is 5.59. The van der Waals surface area contributed by atoms with Crippen molar-refractivity contribution in [2.24, 2.45) is 0 Å². The molecule has 0 aliphatic heterocycles. The molecule has 2 unspecified atom stereocenters. The highest BCUT2D eigenvalue weighted by molar-refractivity contribution is 7.92. The van der Waals surface area contributed by atoms with E-state index in [0.717, 1.165) is 22.5 Å². The highest BCUT2D eigenvalue weighted by Crippen LogP contribution is 2.18. The Balaban J connectivity index is 2.33. The number of carbonyl (C=O) groups is 2. The van der Waals surface area contributed by atoms with Gasteiger partial charge in [-0.3, -0.25) is 13.9 Å². The van der Waals surface area contributed by atoms with E-state index in [1.807, 2.05) is 51.1 Å². The van der Waals surface area contributed by atoms with Crippen LogP contribution < -0.4 is 9.62 Å². The Hall–Kier alpha value is -2.87. The Morgan fingerprint density at radius 1 is 0.939 bits per heavy atom. The highest BCUT2D eigenvalue weighted by atomic mass is 32.2. The molecule has 33 heavy (non-hydrogen) atoms. The van der Waals surface area contributed by atoms with Gasteiger partial charge in [-0.25, -0.2) is 8.42 Å². The fourth-order valence-corrected chi connectivity index (χ4v) is 4.39. The number of amides is 2. The topological polar surface area (TPSA) is 86.8 Å². The average molecular weight is 474 g/mol. The normalized spacial score (nSPS) is 13.1. The van der Waals surface area contributed by atoms with Crippen molar-refractivity contribution in [3.63, 3.8) is 0 Å². The van der Waals surface area contributed by atoms with E-state index in [4.69, 9.17) is 0 Å². The Morgan fingerprint density at radius 3 is 2.03 bits per heavy atom. The van der Waals surface area contributed by atoms with Gasteiger partial charge in [0.05, 0.1) is 11.9 Å². The van der Waals surface area contributed by atoms with Crippen molar-refractivity contribution in [3.8, 4) is 0 Å². The predicted octanol–water partition coefficient (Wildman–Crippen LogP) is 3.22. The smallest absolute Gasteiger partial charge is 0.244 e. The van der Waals surface area contributed by atoms with Gasteiger partial charge in [-0.15, -0.1) is 0 Å². The molecule has 2 aromatic rings. The van der Waals surface area contributed by atoms with Gasteiger partial charge in [0.25, 0.3) is 0 Å². The third-order valence-corrected chi connectivity index (χ3v) is 6.74. The van der Waals surface area contributed by atoms with E-state index >= 15 is 0 Å². The molecule has 8 heteroatoms. The van der Waals surface area contributed by atoms with Crippen LogP contribution in [0.1, 0.15) is 39.2 Å². The summed E-state index contributed by atoms with van der Waals surface area (Å²) in [6.45, 7) is 5.69. The number of anilines is 1. The van der Waals surface area contributed by atoms with E-state index < -0.39 is 22.0 Å². The van der Waals surface area contributed by atoms with Gasteiger partial charge in [0.1, 0.15) is 12.6 Å². The second-order valence-corrected chi connectivity index (χ2v) is 10.1. The Bertz CT molecular complexity index is 997. The number of nitrogens with zero attached hydrogens (tertiary/aromatic N) is 2. The molecule has 0 radical (unpaired) electrons. The number of rotatable bonds is 12. The molecule has 0 saturated carbocycles. The summed E-state index contributed by atoms with van der Waals surface area (Å²) in [5.41, 5.74) is 1.45. The van der Waals surface area contributed by atoms with Crippen LogP contribution in [0.25, 0.3) is 0 Å². The SMILES string of the molecule is CCC(C)NC(=O)C(CC)N(CCc1ccccc1)C(=O)CN(c1ccccc1)S(C)(=O)=O. The predicted molar refractivity (Wildman–Crippen MR) is 132 cm³/mol. The maximum atomic E-state index is 13.5. The maximum absolute atomic E-state index is 13.5. The van der Waals surface area contributed by atoms with E-state index in [0.29, 0.717) is 25.1 Å². The van der Waals surface area contributed by atoms with E-state index in [1.165, 1.54) is 4.90 Å². The van der Waals surface area contributed by atoms with Crippen LogP contribution in [0.2, 0.25) is 0 Å². The summed E-state index contributed by atoms with van der Waals surface area (Å²) < 4.78 is 26.1. The van der Waals surface area contributed by atoms with Crippen LogP contribution in [-0.2, 0) is 26.0 Å². The molecule has 180 valence electrons. The van der Waals surface area contributed by atoms with Crippen LogP contribution in [0.3, 0.4) is 0 Å². The number of para-hydroxylation sites is 1. The standard InChI is InChI=1S/C25H35N3O4S/c1-5-20(3)26-25(30)23(6-2)27(18-17-21-13-9-7-10-14-21)24(29)19-28(33(4,31)32)22-15-11-8-12-16-22/h7-16,20,23H,5-6,17-19H2,1-4H3,(H,26,30). The van der Waals surface area contributed by atoms with Crippen LogP contribution in [0.5, 0.6) is 0 Å². The van der Waals surface area contributed by atoms with Crippen molar-refractivity contribution in [2.75, 3.05) is 23.7 Å². The molecule has 2 atom stereocenters. The summed E-state index contributed by atoms with van der Waals surface area (Å²) in [5.74, 6) is -0.634. The molecular formula is C25H35N3O4S. The molecule has 0 bridgehead atoms. The molecule has 2 amide bonds. The molecule has 0 spiro atoms. The molecular weight excluding hydrogens is 438 g/mol. The van der Waals surface area contributed by atoms with E-state index in [1.54, 1.807) is 30.3 Å². The van der Waals surface area contributed by atoms with Crippen molar-refractivity contribution >= 4 is 27.5 Å². The quantitative estimate of drug-likeness (QED) is 0.513. The first-order valence-electron chi connectivity index (χ1n) is 11.3. The van der Waals surface area contributed by atoms with E-state index in [2.05, 4.69) is 5.32 Å². The number of nitrogens with one attached hydrogen (secondary N) is 1. The molecule has 2 aromatic carbocycles. The molecule has 7 nitrogen and oxygen atoms in total. The van der Waals surface area contributed by atoms with Crippen molar-refractivity contribution in [1.29, 1.82) is 0 Å². The summed E-state index contributed by atoms with van der Waals surface area (Å²) in [6.07, 6.45) is 2.83. The number of hydrogen-bond donors (Lipinski definition) is 1. The fraction of sp³-hybridized carbons (Fsp3) is 0.440. The third kappa shape index (κ3) is 7.89. The lowest BCUT2D eigenvalue weighted by molar-refractivity contribution is -0.139. The van der Waals surface area contributed by atoms with E-state index in [-0.39, 0.29) is 18.5 Å². The number of hydrogen-bond acceptors (Lipinski definition) is 4. The summed E-state index contributed by atoms with van der Waals surface area (Å²) in [5, 5.41) is 2.96. The lowest BCUT2D eigenvalue weighted by atomic mass is 10.1. The Morgan fingerprint density at radius 2 is 1.52 bits per heavy atom. The first kappa shape index (κ1) is 26.4. The molecule has 0 aliphatic carbocycles. The monoisotopic (exact) mass is 473 g/mol. The summed E-state index contributed by atoms with van der Waals surface area (Å²) in [4.78, 5) is 28.0. The van der Waals surface area contributed by atoms with Crippen molar-refractivity contribution in [2.45, 2.75) is 52.1 Å². The van der Waals surface area contributed by atoms with Crippen LogP contribution in [0, 0.1) is 0 Å². The molecule has 0 heterocycles. The van der Waals surface area contributed by atoms with Crippen LogP contribution in [-0.4, -0.2) is 56.6 Å². The number of carbonyl (C=O) groups excluding carboxylic acids is 2. The molecule has 1 N–H and O–H groups in total. The van der Waals surface area contributed by atoms with Crippen LogP contribution in [0.15, 0.2) is 60.7 Å². The van der Waals surface area contributed by atoms with Gasteiger partial charge in [-0.1, -0.05) is 62.4 Å². The van der Waals surface area contributed by atoms with Crippen molar-refractivity contribution in [3.05, 3.63) is 66.2 Å². The van der Waals surface area contributed by atoms with Gasteiger partial charge in [0.2, 0.25) is 21.8 Å². The Labute approximate surface area is 197 Å². The number of benzene rings is 2. The van der Waals surface area contributed by atoms with Gasteiger partial charge in [0, 0.05) is 12.6 Å². The van der Waals surface area contributed by atoms with Crippen molar-refractivity contribution in [1.82, 2.24) is 10.2 Å². The number of sulfonamides is 1. The lowest BCUT2D eigenvalue weighted by Crippen LogP contribution is -2.54. The molecule has 0 aromatic heterocycles. The first-order chi connectivity index (χ1) is 15.7. The Kier molecular flexibility index (Phi) is 9.91. The lowest BCUT2D eigenvalue weighted by Gasteiger charge is -2.33. The minimum atomic E-state index is -3.70. The zero-order valence-corrected chi connectivity index (χ0v) is 20.7. The van der Waals surface area contributed by atoms with Crippen LogP contribution in [0.4, 0.5) is 5.69 Å². The highest BCUT2D eigenvalue weighted by Gasteiger charge is 2.31. The molecule has 0 saturated heterocycles. The van der Waals surface area contributed by atoms with Gasteiger partial charge in [-0.2, -0.15) is 0 Å². The first-order valence-corrected chi connectivity index (χ1v) is 13.2. The summed E-state index contributed by atoms with van der Waals surface area (Å²) >= 11 is 0. The summed E-state index contributed by atoms with van der Waals surface area (Å²) in [6, 6.07) is 17.5. The zero-order chi connectivity index (χ0) is 24.4. The second-order valence-electron chi connectivity index (χ2n) is 8.17. The minimum Gasteiger partial charge on any atom is -0.352 e. The minimum absolute atomic E-state index is 0.0190. The van der Waals surface area contributed by atoms with Gasteiger partial charge in [0.15, 0.2) is 0 Å². The average Bonchev–Trinajstić information content (AvgIpc) is 2.80. The van der Waals surface area contributed by atoms with Gasteiger partial charge >= 0.3 is 0 Å². The molecule has 0 fully saturated rings. The maximum Gasteiger partial charge on any atom is 0.244 e. The van der Waals surface area contributed by atoms with Gasteiger partial charge < -0.3 is 10.2 Å². The largest absolute Gasteiger partial charge is 0.352 e. The molecule has 0 aliphatic rings. The zero-order valence-electron chi connectivity index (χ0n) is 19.9. The second kappa shape index (κ2) is 12.4.